The molecule has 19 heavy (non-hydrogen) atoms. The van der Waals surface area contributed by atoms with E-state index in [1.165, 1.54) is 7.11 Å². The lowest BCUT2D eigenvalue weighted by Crippen LogP contribution is -2.61. The van der Waals surface area contributed by atoms with Crippen LogP contribution in [0.1, 0.15) is 0 Å². The van der Waals surface area contributed by atoms with E-state index in [2.05, 4.69) is 14.7 Å². The fraction of sp³-hybridized carbons (Fsp3) is 0.778. The Kier molecular flexibility index (Phi) is 4.90. The van der Waals surface area contributed by atoms with E-state index in [0.717, 1.165) is 11.5 Å². The van der Waals surface area contributed by atoms with Crippen molar-refractivity contribution in [3.63, 3.8) is 0 Å². The first-order chi connectivity index (χ1) is 9.06. The Labute approximate surface area is 118 Å². The SMILES string of the molecule is COC1O[C@H](CO)[C@H](O)[C@H](O)[C@H]1Nc1nc(Cl)ns1. The van der Waals surface area contributed by atoms with E-state index in [4.69, 9.17) is 26.2 Å². The second kappa shape index (κ2) is 6.27. The van der Waals surface area contributed by atoms with Crippen LogP contribution in [0, 0.1) is 0 Å². The van der Waals surface area contributed by atoms with Crippen molar-refractivity contribution in [2.24, 2.45) is 0 Å². The Morgan fingerprint density at radius 3 is 2.74 bits per heavy atom. The minimum Gasteiger partial charge on any atom is -0.394 e. The molecule has 2 rings (SSSR count). The molecule has 1 aliphatic rings. The molecule has 8 nitrogen and oxygen atoms in total. The summed E-state index contributed by atoms with van der Waals surface area (Å²) in [6.07, 6.45) is -4.19. The Morgan fingerprint density at radius 2 is 2.21 bits per heavy atom. The number of methoxy groups -OCH3 is 1. The van der Waals surface area contributed by atoms with Crippen LogP contribution in [0.5, 0.6) is 0 Å². The molecular weight excluding hydrogens is 298 g/mol. The Bertz CT molecular complexity index is 420. The number of anilines is 1. The van der Waals surface area contributed by atoms with E-state index in [1.54, 1.807) is 0 Å². The highest BCUT2D eigenvalue weighted by molar-refractivity contribution is 7.09. The molecule has 1 aromatic rings. The highest BCUT2D eigenvalue weighted by Crippen LogP contribution is 2.25. The second-order valence-electron chi connectivity index (χ2n) is 3.98. The van der Waals surface area contributed by atoms with Crippen LogP contribution < -0.4 is 5.32 Å². The number of hydrogen-bond acceptors (Lipinski definition) is 9. The summed E-state index contributed by atoms with van der Waals surface area (Å²) in [4.78, 5) is 3.88. The number of ether oxygens (including phenoxy) is 2. The summed E-state index contributed by atoms with van der Waals surface area (Å²) in [5.41, 5.74) is 0. The fourth-order valence-corrected chi connectivity index (χ4v) is 2.60. The molecule has 0 bridgehead atoms. The predicted octanol–water partition coefficient (Wildman–Crippen LogP) is -0.943. The minimum atomic E-state index is -1.24. The van der Waals surface area contributed by atoms with Gasteiger partial charge in [-0.05, 0) is 11.6 Å². The van der Waals surface area contributed by atoms with Gasteiger partial charge in [0.2, 0.25) is 10.4 Å². The topological polar surface area (TPSA) is 117 Å². The highest BCUT2D eigenvalue weighted by Gasteiger charge is 2.44. The number of rotatable bonds is 4. The van der Waals surface area contributed by atoms with Crippen molar-refractivity contribution >= 4 is 28.3 Å². The largest absolute Gasteiger partial charge is 0.394 e. The molecule has 0 aromatic carbocycles. The summed E-state index contributed by atoms with van der Waals surface area (Å²) >= 11 is 6.61. The van der Waals surface area contributed by atoms with Crippen molar-refractivity contribution in [3.8, 4) is 0 Å². The van der Waals surface area contributed by atoms with Crippen molar-refractivity contribution < 1.29 is 24.8 Å². The zero-order valence-corrected chi connectivity index (χ0v) is 11.5. The van der Waals surface area contributed by atoms with Crippen molar-refractivity contribution in [1.82, 2.24) is 9.36 Å². The third-order valence-corrected chi connectivity index (χ3v) is 3.72. The van der Waals surface area contributed by atoms with E-state index >= 15 is 0 Å². The molecule has 5 atom stereocenters. The number of hydrogen-bond donors (Lipinski definition) is 4. The van der Waals surface area contributed by atoms with Gasteiger partial charge in [-0.2, -0.15) is 9.36 Å². The van der Waals surface area contributed by atoms with Crippen LogP contribution >= 0.6 is 23.1 Å². The molecule has 4 N–H and O–H groups in total. The molecular formula is C9H14ClN3O5S. The molecule has 0 aliphatic carbocycles. The lowest BCUT2D eigenvalue weighted by molar-refractivity contribution is -0.254. The van der Waals surface area contributed by atoms with Gasteiger partial charge >= 0.3 is 0 Å². The molecule has 0 saturated carbocycles. The molecule has 1 saturated heterocycles. The average Bonchev–Trinajstić information content (AvgIpc) is 2.81. The molecule has 0 radical (unpaired) electrons. The third kappa shape index (κ3) is 3.14. The minimum absolute atomic E-state index is 0.0847. The third-order valence-electron chi connectivity index (χ3n) is 2.80. The smallest absolute Gasteiger partial charge is 0.236 e. The first-order valence-electron chi connectivity index (χ1n) is 5.47. The maximum atomic E-state index is 10.0. The number of halogens is 1. The molecule has 1 fully saturated rings. The summed E-state index contributed by atoms with van der Waals surface area (Å²) in [5.74, 6) is 0. The quantitative estimate of drug-likeness (QED) is 0.563. The first-order valence-corrected chi connectivity index (χ1v) is 6.63. The van der Waals surface area contributed by atoms with Crippen LogP contribution in [0.15, 0.2) is 0 Å². The van der Waals surface area contributed by atoms with E-state index in [0.29, 0.717) is 5.13 Å². The van der Waals surface area contributed by atoms with Crippen LogP contribution in [0.3, 0.4) is 0 Å². The van der Waals surface area contributed by atoms with E-state index in [9.17, 15) is 10.2 Å². The van der Waals surface area contributed by atoms with Crippen molar-refractivity contribution in [2.45, 2.75) is 30.6 Å². The molecule has 108 valence electrons. The van der Waals surface area contributed by atoms with Gasteiger partial charge in [-0.15, -0.1) is 0 Å². The molecule has 10 heteroatoms. The average molecular weight is 312 g/mol. The zero-order valence-electron chi connectivity index (χ0n) is 9.93. The molecule has 1 unspecified atom stereocenters. The number of aliphatic hydroxyl groups excluding tert-OH is 3. The van der Waals surface area contributed by atoms with Gasteiger partial charge in [0.25, 0.3) is 0 Å². The van der Waals surface area contributed by atoms with Crippen molar-refractivity contribution in [2.75, 3.05) is 19.0 Å². The van der Waals surface area contributed by atoms with E-state index < -0.39 is 37.3 Å². The van der Waals surface area contributed by atoms with Crippen LogP contribution in [-0.4, -0.2) is 69.0 Å². The summed E-state index contributed by atoms with van der Waals surface area (Å²) < 4.78 is 14.2. The number of aromatic nitrogens is 2. The first kappa shape index (κ1) is 14.9. The molecule has 1 aromatic heterocycles. The zero-order chi connectivity index (χ0) is 14.0. The molecule has 2 heterocycles. The van der Waals surface area contributed by atoms with Gasteiger partial charge < -0.3 is 30.1 Å². The number of nitrogens with zero attached hydrogens (tertiary/aromatic N) is 2. The van der Waals surface area contributed by atoms with Gasteiger partial charge in [-0.3, -0.25) is 0 Å². The molecule has 0 amide bonds. The van der Waals surface area contributed by atoms with Gasteiger partial charge in [0.1, 0.15) is 24.4 Å². The predicted molar refractivity (Wildman–Crippen MR) is 67.1 cm³/mol. The fourth-order valence-electron chi connectivity index (χ4n) is 1.84. The van der Waals surface area contributed by atoms with Gasteiger partial charge in [-0.1, -0.05) is 0 Å². The van der Waals surface area contributed by atoms with Gasteiger partial charge in [-0.25, -0.2) is 0 Å². The van der Waals surface area contributed by atoms with Crippen LogP contribution in [0.2, 0.25) is 5.28 Å². The van der Waals surface area contributed by atoms with E-state index in [1.807, 2.05) is 0 Å². The summed E-state index contributed by atoms with van der Waals surface area (Å²) in [7, 11) is 1.39. The second-order valence-corrected chi connectivity index (χ2v) is 5.07. The maximum Gasteiger partial charge on any atom is 0.236 e. The standard InChI is InChI=1S/C9H14ClN3O5S/c1-17-7-4(11-9-12-8(10)13-19-9)6(16)5(15)3(2-14)18-7/h3-7,14-16H,2H2,1H3,(H,11,12,13)/t3-,4-,5+,6-,7?/m1/s1. The normalized spacial score (nSPS) is 35.3. The summed E-state index contributed by atoms with van der Waals surface area (Å²) in [6, 6.07) is -0.758. The van der Waals surface area contributed by atoms with Crippen LogP contribution in [-0.2, 0) is 9.47 Å². The van der Waals surface area contributed by atoms with Crippen LogP contribution in [0.25, 0.3) is 0 Å². The summed E-state index contributed by atoms with van der Waals surface area (Å²) in [6.45, 7) is -0.421. The van der Waals surface area contributed by atoms with Gasteiger partial charge in [0.05, 0.1) is 6.61 Å². The van der Waals surface area contributed by atoms with E-state index in [-0.39, 0.29) is 5.28 Å². The lowest BCUT2D eigenvalue weighted by Gasteiger charge is -2.41. The van der Waals surface area contributed by atoms with Crippen molar-refractivity contribution in [3.05, 3.63) is 5.28 Å². The van der Waals surface area contributed by atoms with Gasteiger partial charge in [0, 0.05) is 18.6 Å². The monoisotopic (exact) mass is 311 g/mol. The van der Waals surface area contributed by atoms with Crippen LogP contribution in [0.4, 0.5) is 5.13 Å². The highest BCUT2D eigenvalue weighted by atomic mass is 35.5. The Morgan fingerprint density at radius 1 is 1.47 bits per heavy atom. The summed E-state index contributed by atoms with van der Waals surface area (Å²) in [5, 5.41) is 32.2. The molecule has 1 aliphatic heterocycles. The Balaban J connectivity index is 2.12. The molecule has 0 spiro atoms. The number of aliphatic hydroxyl groups is 3. The lowest BCUT2D eigenvalue weighted by atomic mass is 9.97. The van der Waals surface area contributed by atoms with Gasteiger partial charge in [0.15, 0.2) is 6.29 Å². The number of nitrogens with one attached hydrogen (secondary N) is 1. The Hall–Kier alpha value is -0.550. The maximum absolute atomic E-state index is 10.0. The van der Waals surface area contributed by atoms with Crippen molar-refractivity contribution in [1.29, 1.82) is 0 Å².